The number of aryl methyl sites for hydroxylation is 1. The number of rotatable bonds is 4. The van der Waals surface area contributed by atoms with Crippen molar-refractivity contribution in [1.82, 2.24) is 5.01 Å². The van der Waals surface area contributed by atoms with E-state index >= 15 is 0 Å². The molecule has 0 aliphatic carbocycles. The van der Waals surface area contributed by atoms with E-state index in [2.05, 4.69) is 5.10 Å². The average molecular weight is 399 g/mol. The fourth-order valence-corrected chi connectivity index (χ4v) is 3.49. The molecular weight excluding hydrogens is 386 g/mol. The molecule has 7 nitrogen and oxygen atoms in total. The van der Waals surface area contributed by atoms with Crippen molar-refractivity contribution < 1.29 is 14.8 Å². The van der Waals surface area contributed by atoms with Gasteiger partial charge in [0.05, 0.1) is 16.0 Å². The zero-order chi connectivity index (χ0) is 19.6. The topological polar surface area (TPSA) is 96.0 Å². The Morgan fingerprint density at radius 3 is 2.70 bits per heavy atom. The van der Waals surface area contributed by atoms with E-state index in [1.165, 1.54) is 24.4 Å². The minimum atomic E-state index is -0.582. The molecule has 9 heteroatoms. The number of thioether (sulfide) groups is 1. The summed E-state index contributed by atoms with van der Waals surface area (Å²) in [6, 6.07) is 11.2. The van der Waals surface area contributed by atoms with Crippen molar-refractivity contribution in [1.29, 1.82) is 0 Å². The number of phenols is 1. The van der Waals surface area contributed by atoms with Crippen LogP contribution in [-0.4, -0.2) is 31.5 Å². The number of benzene rings is 2. The molecule has 2 aromatic carbocycles. The Kier molecular flexibility index (Phi) is 5.33. The maximum absolute atomic E-state index is 12.6. The van der Waals surface area contributed by atoms with Crippen LogP contribution in [0.5, 0.6) is 5.75 Å². The number of carbonyl (C=O) groups is 1. The first kappa shape index (κ1) is 18.7. The van der Waals surface area contributed by atoms with Crippen LogP contribution in [0.3, 0.4) is 0 Å². The van der Waals surface area contributed by atoms with Gasteiger partial charge in [0.15, 0.2) is 4.32 Å². The number of aromatic hydroxyl groups is 1. The second kappa shape index (κ2) is 7.68. The number of hydrazone groups is 1. The summed E-state index contributed by atoms with van der Waals surface area (Å²) < 4.78 is 0.237. The van der Waals surface area contributed by atoms with Gasteiger partial charge < -0.3 is 5.11 Å². The van der Waals surface area contributed by atoms with Crippen LogP contribution in [0.4, 0.5) is 5.69 Å². The van der Waals surface area contributed by atoms with Crippen molar-refractivity contribution in [3.8, 4) is 5.75 Å². The number of non-ortho nitro benzene ring substituents is 1. The quantitative estimate of drug-likeness (QED) is 0.276. The van der Waals surface area contributed by atoms with Crippen molar-refractivity contribution in [3.05, 3.63) is 74.2 Å². The number of nitro benzene ring substituents is 1. The zero-order valence-electron chi connectivity index (χ0n) is 14.0. The number of amides is 1. The molecule has 0 unspecified atom stereocenters. The van der Waals surface area contributed by atoms with Crippen LogP contribution in [0.1, 0.15) is 16.7 Å². The Morgan fingerprint density at radius 1 is 1.26 bits per heavy atom. The van der Waals surface area contributed by atoms with E-state index in [4.69, 9.17) is 12.2 Å². The van der Waals surface area contributed by atoms with Gasteiger partial charge in [-0.05, 0) is 42.4 Å². The predicted molar refractivity (Wildman–Crippen MR) is 109 cm³/mol. The molecule has 3 rings (SSSR count). The van der Waals surface area contributed by atoms with Crippen molar-refractivity contribution in [2.75, 3.05) is 0 Å². The van der Waals surface area contributed by atoms with Crippen LogP contribution in [0.25, 0.3) is 6.08 Å². The van der Waals surface area contributed by atoms with Crippen LogP contribution in [0.2, 0.25) is 0 Å². The van der Waals surface area contributed by atoms with Gasteiger partial charge in [-0.25, -0.2) is 0 Å². The maximum Gasteiger partial charge on any atom is 0.286 e. The fraction of sp³-hybridized carbons (Fsp3) is 0.0556. The number of nitro groups is 1. The lowest BCUT2D eigenvalue weighted by Gasteiger charge is -2.06. The highest BCUT2D eigenvalue weighted by Crippen LogP contribution is 2.33. The summed E-state index contributed by atoms with van der Waals surface area (Å²) in [5, 5.41) is 25.7. The molecule has 0 spiro atoms. The molecule has 0 aromatic heterocycles. The van der Waals surface area contributed by atoms with Crippen molar-refractivity contribution in [2.45, 2.75) is 6.92 Å². The molecule has 1 aliphatic rings. The van der Waals surface area contributed by atoms with Gasteiger partial charge in [-0.15, -0.1) is 0 Å². The van der Waals surface area contributed by atoms with E-state index in [1.807, 2.05) is 31.2 Å². The van der Waals surface area contributed by atoms with Gasteiger partial charge in [-0.2, -0.15) is 10.1 Å². The van der Waals surface area contributed by atoms with Crippen LogP contribution >= 0.6 is 24.0 Å². The van der Waals surface area contributed by atoms with E-state index in [1.54, 1.807) is 6.08 Å². The lowest BCUT2D eigenvalue weighted by Crippen LogP contribution is -2.22. The van der Waals surface area contributed by atoms with Crippen LogP contribution < -0.4 is 0 Å². The van der Waals surface area contributed by atoms with Gasteiger partial charge in [0, 0.05) is 17.7 Å². The van der Waals surface area contributed by atoms with Gasteiger partial charge in [-0.1, -0.05) is 36.0 Å². The van der Waals surface area contributed by atoms with Gasteiger partial charge >= 0.3 is 0 Å². The SMILES string of the molecule is Cc1ccccc1/C=C1\SC(=S)N(/N=C\c2cc([N+](=O)[O-])ccc2O)C1=O. The summed E-state index contributed by atoms with van der Waals surface area (Å²) >= 11 is 6.32. The number of nitrogens with zero attached hydrogens (tertiary/aromatic N) is 3. The largest absolute Gasteiger partial charge is 0.507 e. The summed E-state index contributed by atoms with van der Waals surface area (Å²) in [7, 11) is 0. The summed E-state index contributed by atoms with van der Waals surface area (Å²) in [4.78, 5) is 23.3. The molecule has 136 valence electrons. The zero-order valence-corrected chi connectivity index (χ0v) is 15.7. The third-order valence-electron chi connectivity index (χ3n) is 3.78. The summed E-state index contributed by atoms with van der Waals surface area (Å²) in [5.41, 5.74) is 1.84. The van der Waals surface area contributed by atoms with Crippen LogP contribution in [0.15, 0.2) is 52.5 Å². The van der Waals surface area contributed by atoms with Gasteiger partial charge in [0.25, 0.3) is 11.6 Å². The molecule has 1 saturated heterocycles. The molecule has 0 bridgehead atoms. The van der Waals surface area contributed by atoms with E-state index in [0.717, 1.165) is 27.9 Å². The average Bonchev–Trinajstić information content (AvgIpc) is 2.89. The molecule has 1 heterocycles. The van der Waals surface area contributed by atoms with Gasteiger partial charge in [0.1, 0.15) is 5.75 Å². The highest BCUT2D eigenvalue weighted by Gasteiger charge is 2.32. The third-order valence-corrected chi connectivity index (χ3v) is 5.07. The first-order valence-electron chi connectivity index (χ1n) is 7.72. The van der Waals surface area contributed by atoms with Crippen molar-refractivity contribution in [3.63, 3.8) is 0 Å². The normalized spacial score (nSPS) is 15.9. The Labute approximate surface area is 164 Å². The highest BCUT2D eigenvalue weighted by molar-refractivity contribution is 8.26. The number of phenolic OH excluding ortho intramolecular Hbond substituents is 1. The second-order valence-electron chi connectivity index (χ2n) is 5.59. The summed E-state index contributed by atoms with van der Waals surface area (Å²) in [5.74, 6) is -0.584. The number of hydrogen-bond acceptors (Lipinski definition) is 7. The van der Waals surface area contributed by atoms with Crippen molar-refractivity contribution >= 4 is 52.2 Å². The molecule has 0 radical (unpaired) electrons. The van der Waals surface area contributed by atoms with Gasteiger partial charge in [-0.3, -0.25) is 14.9 Å². The van der Waals surface area contributed by atoms with E-state index < -0.39 is 10.8 Å². The molecule has 1 N–H and O–H groups in total. The molecule has 2 aromatic rings. The van der Waals surface area contributed by atoms with E-state index in [-0.39, 0.29) is 21.3 Å². The Morgan fingerprint density at radius 2 is 2.00 bits per heavy atom. The van der Waals surface area contributed by atoms with Gasteiger partial charge in [0.2, 0.25) is 0 Å². The second-order valence-corrected chi connectivity index (χ2v) is 7.27. The minimum Gasteiger partial charge on any atom is -0.507 e. The number of carbonyl (C=O) groups excluding carboxylic acids is 1. The standard InChI is InChI=1S/C18H13N3O4S2/c1-11-4-2-3-5-12(11)9-16-17(23)20(18(26)27-16)19-10-13-8-14(21(24)25)6-7-15(13)22/h2-10,22H,1H3/b16-9-,19-10-. The predicted octanol–water partition coefficient (Wildman–Crippen LogP) is 3.84. The van der Waals surface area contributed by atoms with Crippen LogP contribution in [0, 0.1) is 17.0 Å². The highest BCUT2D eigenvalue weighted by atomic mass is 32.2. The fourth-order valence-electron chi connectivity index (χ4n) is 2.33. The minimum absolute atomic E-state index is 0.112. The molecule has 1 aliphatic heterocycles. The molecule has 0 atom stereocenters. The molecule has 1 amide bonds. The number of thiocarbonyl (C=S) groups is 1. The monoisotopic (exact) mass is 399 g/mol. The maximum atomic E-state index is 12.6. The first-order chi connectivity index (χ1) is 12.9. The van der Waals surface area contributed by atoms with E-state index in [0.29, 0.717) is 4.91 Å². The smallest absolute Gasteiger partial charge is 0.286 e. The summed E-state index contributed by atoms with van der Waals surface area (Å²) in [6.45, 7) is 1.94. The Hall–Kier alpha value is -3.04. The third kappa shape index (κ3) is 4.04. The Balaban J connectivity index is 1.86. The lowest BCUT2D eigenvalue weighted by atomic mass is 10.1. The molecule has 27 heavy (non-hydrogen) atoms. The summed E-state index contributed by atoms with van der Waals surface area (Å²) in [6.07, 6.45) is 2.92. The van der Waals surface area contributed by atoms with E-state index in [9.17, 15) is 20.0 Å². The van der Waals surface area contributed by atoms with Crippen molar-refractivity contribution in [2.24, 2.45) is 5.10 Å². The lowest BCUT2D eigenvalue weighted by molar-refractivity contribution is -0.384. The Bertz CT molecular complexity index is 1020. The molecule has 1 fully saturated rings. The molecular formula is C18H13N3O4S2. The molecule has 0 saturated carbocycles. The first-order valence-corrected chi connectivity index (χ1v) is 8.94. The number of hydrogen-bond donors (Lipinski definition) is 1. The van der Waals surface area contributed by atoms with Crippen LogP contribution in [-0.2, 0) is 4.79 Å².